The van der Waals surface area contributed by atoms with E-state index in [9.17, 15) is 10.2 Å². The van der Waals surface area contributed by atoms with E-state index in [-0.39, 0.29) is 21.7 Å². The number of benzene rings is 2. The SMILES string of the molecule is CC(C)(C)c1cc(CNCCN2CCN(CCNCc3cc(C(C)(C)C)c(O)c(C(C)(C)C)c3)CC2)cc(C(C)(C)C)c1O. The molecule has 0 aromatic heterocycles. The Labute approximate surface area is 269 Å². The molecule has 0 radical (unpaired) electrons. The number of rotatable bonds is 10. The van der Waals surface area contributed by atoms with Crippen molar-refractivity contribution in [2.45, 2.75) is 118 Å². The van der Waals surface area contributed by atoms with Crippen molar-refractivity contribution in [3.63, 3.8) is 0 Å². The van der Waals surface area contributed by atoms with Crippen molar-refractivity contribution in [1.29, 1.82) is 0 Å². The highest BCUT2D eigenvalue weighted by Crippen LogP contribution is 2.41. The average Bonchev–Trinajstić information content (AvgIpc) is 2.88. The highest BCUT2D eigenvalue weighted by Gasteiger charge is 2.28. The van der Waals surface area contributed by atoms with Crippen LogP contribution in [0.15, 0.2) is 24.3 Å². The molecule has 0 atom stereocenters. The number of nitrogens with zero attached hydrogens (tertiary/aromatic N) is 2. The van der Waals surface area contributed by atoms with Crippen molar-refractivity contribution in [2.24, 2.45) is 0 Å². The van der Waals surface area contributed by atoms with Gasteiger partial charge in [0, 0.05) is 65.4 Å². The number of phenolic OH excluding ortho intramolecular Hbond substituents is 2. The minimum atomic E-state index is -0.105. The van der Waals surface area contributed by atoms with Gasteiger partial charge < -0.3 is 20.8 Å². The summed E-state index contributed by atoms with van der Waals surface area (Å²) in [5.41, 5.74) is 6.18. The first-order valence-corrected chi connectivity index (χ1v) is 16.8. The number of phenols is 2. The maximum absolute atomic E-state index is 11.0. The van der Waals surface area contributed by atoms with E-state index in [1.54, 1.807) is 0 Å². The molecule has 1 aliphatic rings. The molecular formula is C38H64N4O2. The second-order valence-corrected chi connectivity index (χ2v) is 17.1. The highest BCUT2D eigenvalue weighted by atomic mass is 16.3. The molecule has 4 N–H and O–H groups in total. The normalized spacial score (nSPS) is 16.1. The van der Waals surface area contributed by atoms with Gasteiger partial charge in [-0.3, -0.25) is 9.80 Å². The Bertz CT molecular complexity index is 1070. The van der Waals surface area contributed by atoms with E-state index in [1.165, 1.54) is 11.1 Å². The summed E-state index contributed by atoms with van der Waals surface area (Å²) in [6.45, 7) is 36.1. The smallest absolute Gasteiger partial charge is 0.123 e. The van der Waals surface area contributed by atoms with Crippen molar-refractivity contribution >= 4 is 0 Å². The minimum Gasteiger partial charge on any atom is -0.507 e. The van der Waals surface area contributed by atoms with E-state index in [4.69, 9.17) is 0 Å². The molecule has 0 saturated carbocycles. The van der Waals surface area contributed by atoms with E-state index in [0.717, 1.165) is 87.7 Å². The van der Waals surface area contributed by atoms with Gasteiger partial charge in [-0.1, -0.05) is 107 Å². The molecule has 0 spiro atoms. The van der Waals surface area contributed by atoms with Gasteiger partial charge in [0.05, 0.1) is 0 Å². The highest BCUT2D eigenvalue weighted by molar-refractivity contribution is 5.51. The predicted molar refractivity (Wildman–Crippen MR) is 187 cm³/mol. The fraction of sp³-hybridized carbons (Fsp3) is 0.684. The Kier molecular flexibility index (Phi) is 11.7. The molecule has 3 rings (SSSR count). The molecule has 1 heterocycles. The van der Waals surface area contributed by atoms with Crippen LogP contribution in [-0.2, 0) is 34.7 Å². The number of piperazine rings is 1. The molecular weight excluding hydrogens is 544 g/mol. The van der Waals surface area contributed by atoms with Gasteiger partial charge >= 0.3 is 0 Å². The zero-order valence-electron chi connectivity index (χ0n) is 30.2. The van der Waals surface area contributed by atoms with Crippen LogP contribution in [0.2, 0.25) is 0 Å². The van der Waals surface area contributed by atoms with Gasteiger partial charge in [0.1, 0.15) is 11.5 Å². The van der Waals surface area contributed by atoms with Crippen LogP contribution in [0.5, 0.6) is 11.5 Å². The van der Waals surface area contributed by atoms with E-state index in [0.29, 0.717) is 11.5 Å². The van der Waals surface area contributed by atoms with E-state index >= 15 is 0 Å². The summed E-state index contributed by atoms with van der Waals surface area (Å²) < 4.78 is 0. The third kappa shape index (κ3) is 9.94. The van der Waals surface area contributed by atoms with Crippen LogP contribution >= 0.6 is 0 Å². The molecule has 6 heteroatoms. The van der Waals surface area contributed by atoms with Crippen LogP contribution in [0.3, 0.4) is 0 Å². The fourth-order valence-corrected chi connectivity index (χ4v) is 6.06. The summed E-state index contributed by atoms with van der Waals surface area (Å²) in [6.07, 6.45) is 0. The summed E-state index contributed by atoms with van der Waals surface area (Å²) in [5.74, 6) is 0.901. The van der Waals surface area contributed by atoms with Crippen LogP contribution in [-0.4, -0.2) is 72.4 Å². The van der Waals surface area contributed by atoms with Crippen molar-refractivity contribution in [1.82, 2.24) is 20.4 Å². The summed E-state index contributed by atoms with van der Waals surface area (Å²) in [5, 5.41) is 29.3. The third-order valence-electron chi connectivity index (χ3n) is 8.90. The summed E-state index contributed by atoms with van der Waals surface area (Å²) in [7, 11) is 0. The molecule has 0 aliphatic carbocycles. The van der Waals surface area contributed by atoms with Gasteiger partial charge in [-0.05, 0) is 55.0 Å². The number of aromatic hydroxyl groups is 2. The first kappa shape index (κ1) is 36.3. The summed E-state index contributed by atoms with van der Waals surface area (Å²) >= 11 is 0. The standard InChI is InChI=1S/C38H64N4O2/c1-35(2,3)29-21-27(22-30(33(29)43)36(4,5)6)25-39-13-15-41-17-19-42(20-18-41)16-14-40-26-28-23-31(37(7,8)9)34(44)32(24-28)38(10,11)12/h21-24,39-40,43-44H,13-20,25-26H2,1-12H3. The van der Waals surface area contributed by atoms with Crippen molar-refractivity contribution in [2.75, 3.05) is 52.4 Å². The lowest BCUT2D eigenvalue weighted by molar-refractivity contribution is 0.133. The van der Waals surface area contributed by atoms with Gasteiger partial charge in [0.2, 0.25) is 0 Å². The maximum Gasteiger partial charge on any atom is 0.123 e. The van der Waals surface area contributed by atoms with E-state index in [1.807, 2.05) is 0 Å². The average molecular weight is 609 g/mol. The van der Waals surface area contributed by atoms with Crippen LogP contribution in [0.4, 0.5) is 0 Å². The molecule has 0 unspecified atom stereocenters. The second-order valence-electron chi connectivity index (χ2n) is 17.1. The molecule has 44 heavy (non-hydrogen) atoms. The number of hydrogen-bond donors (Lipinski definition) is 4. The van der Waals surface area contributed by atoms with Gasteiger partial charge in [0.25, 0.3) is 0 Å². The lowest BCUT2D eigenvalue weighted by Gasteiger charge is -2.34. The Morgan fingerprint density at radius 2 is 0.750 bits per heavy atom. The Morgan fingerprint density at radius 3 is 0.977 bits per heavy atom. The number of hydrogen-bond acceptors (Lipinski definition) is 6. The molecule has 0 amide bonds. The van der Waals surface area contributed by atoms with Gasteiger partial charge in [0.15, 0.2) is 0 Å². The van der Waals surface area contributed by atoms with Crippen molar-refractivity contribution in [3.8, 4) is 11.5 Å². The molecule has 1 saturated heterocycles. The number of nitrogens with one attached hydrogen (secondary N) is 2. The molecule has 6 nitrogen and oxygen atoms in total. The minimum absolute atomic E-state index is 0.105. The topological polar surface area (TPSA) is 71.0 Å². The van der Waals surface area contributed by atoms with E-state index < -0.39 is 0 Å². The van der Waals surface area contributed by atoms with Crippen LogP contribution < -0.4 is 10.6 Å². The van der Waals surface area contributed by atoms with Gasteiger partial charge in [-0.15, -0.1) is 0 Å². The maximum atomic E-state index is 11.0. The zero-order chi connectivity index (χ0) is 33.1. The summed E-state index contributed by atoms with van der Waals surface area (Å²) in [4.78, 5) is 5.13. The lowest BCUT2D eigenvalue weighted by atomic mass is 9.78. The Balaban J connectivity index is 1.43. The monoisotopic (exact) mass is 609 g/mol. The zero-order valence-corrected chi connectivity index (χ0v) is 30.2. The van der Waals surface area contributed by atoms with Crippen molar-refractivity contribution in [3.05, 3.63) is 57.6 Å². The summed E-state index contributed by atoms with van der Waals surface area (Å²) in [6, 6.07) is 8.72. The van der Waals surface area contributed by atoms with Crippen LogP contribution in [0.1, 0.15) is 116 Å². The fourth-order valence-electron chi connectivity index (χ4n) is 6.06. The first-order chi connectivity index (χ1) is 20.2. The first-order valence-electron chi connectivity index (χ1n) is 16.8. The predicted octanol–water partition coefficient (Wildman–Crippen LogP) is 6.78. The van der Waals surface area contributed by atoms with E-state index in [2.05, 4.69) is 128 Å². The van der Waals surface area contributed by atoms with Crippen molar-refractivity contribution < 1.29 is 10.2 Å². The largest absolute Gasteiger partial charge is 0.507 e. The van der Waals surface area contributed by atoms with Crippen LogP contribution in [0.25, 0.3) is 0 Å². The van der Waals surface area contributed by atoms with Gasteiger partial charge in [-0.2, -0.15) is 0 Å². The molecule has 2 aromatic carbocycles. The molecule has 0 bridgehead atoms. The molecule has 248 valence electrons. The quantitative estimate of drug-likeness (QED) is 0.223. The second kappa shape index (κ2) is 14.1. The Hall–Kier alpha value is -2.12. The molecule has 2 aromatic rings. The Morgan fingerprint density at radius 1 is 0.500 bits per heavy atom. The lowest BCUT2D eigenvalue weighted by Crippen LogP contribution is -2.49. The molecule has 1 fully saturated rings. The third-order valence-corrected chi connectivity index (χ3v) is 8.90. The van der Waals surface area contributed by atoms with Crippen LogP contribution in [0, 0.1) is 0 Å². The van der Waals surface area contributed by atoms with Gasteiger partial charge in [-0.25, -0.2) is 0 Å². The molecule has 1 aliphatic heterocycles.